The van der Waals surface area contributed by atoms with Gasteiger partial charge in [-0.15, -0.1) is 0 Å². The molecule has 6 nitrogen and oxygen atoms in total. The first-order valence-electron chi connectivity index (χ1n) is 9.85. The molecule has 2 heterocycles. The molecule has 146 valence electrons. The second kappa shape index (κ2) is 10.5. The normalized spacial score (nSPS) is 27.6. The van der Waals surface area contributed by atoms with Gasteiger partial charge >= 0.3 is 5.97 Å². The van der Waals surface area contributed by atoms with Crippen molar-refractivity contribution in [1.29, 1.82) is 0 Å². The number of ether oxygens (including phenoxy) is 1. The third-order valence-electron chi connectivity index (χ3n) is 5.34. The number of carbonyl (C=O) groups excluding carboxylic acids is 1. The number of carboxylic acid groups (broad SMARTS) is 1. The van der Waals surface area contributed by atoms with E-state index in [1.165, 1.54) is 5.01 Å². The summed E-state index contributed by atoms with van der Waals surface area (Å²) in [4.78, 5) is 22.5. The van der Waals surface area contributed by atoms with Crippen molar-refractivity contribution in [1.82, 2.24) is 5.01 Å². The molecule has 1 amide bonds. The van der Waals surface area contributed by atoms with Crippen molar-refractivity contribution in [3.8, 4) is 0 Å². The van der Waals surface area contributed by atoms with Crippen LogP contribution in [0.5, 0.6) is 0 Å². The van der Waals surface area contributed by atoms with Gasteiger partial charge in [-0.25, -0.2) is 5.01 Å². The number of amides is 1. The molecule has 0 aromatic heterocycles. The van der Waals surface area contributed by atoms with Gasteiger partial charge in [0.1, 0.15) is 0 Å². The van der Waals surface area contributed by atoms with Crippen LogP contribution < -0.4 is 0 Å². The highest BCUT2D eigenvalue weighted by Gasteiger charge is 2.47. The summed E-state index contributed by atoms with van der Waals surface area (Å²) in [6.45, 7) is 2.07. The van der Waals surface area contributed by atoms with Crippen LogP contribution in [0.25, 0.3) is 0 Å². The number of unbranched alkanes of at least 4 members (excludes halogenated alkanes) is 2. The molecule has 2 rings (SSSR count). The molecule has 6 heteroatoms. The number of carbonyl (C=O) groups is 2. The fraction of sp³-hybridized carbons (Fsp3) is 0.750. The first-order valence-corrected chi connectivity index (χ1v) is 9.85. The van der Waals surface area contributed by atoms with Gasteiger partial charge < -0.3 is 9.84 Å². The molecule has 2 aliphatic rings. The minimum absolute atomic E-state index is 0.0575. The van der Waals surface area contributed by atoms with Gasteiger partial charge in [0.25, 0.3) is 0 Å². The number of fused-ring (bicyclic) bond motifs is 2. The largest absolute Gasteiger partial charge is 0.481 e. The Hall–Kier alpha value is -1.69. The lowest BCUT2D eigenvalue weighted by Crippen LogP contribution is -2.29. The molecule has 1 N–H and O–H groups in total. The average Bonchev–Trinajstić information content (AvgIpc) is 3.21. The van der Waals surface area contributed by atoms with Crippen LogP contribution >= 0.6 is 0 Å². The van der Waals surface area contributed by atoms with Crippen LogP contribution in [0.2, 0.25) is 0 Å². The molecule has 4 atom stereocenters. The van der Waals surface area contributed by atoms with E-state index in [1.54, 1.807) is 7.05 Å². The first kappa shape index (κ1) is 20.6. The maximum Gasteiger partial charge on any atom is 0.303 e. The molecule has 26 heavy (non-hydrogen) atoms. The van der Waals surface area contributed by atoms with Crippen molar-refractivity contribution < 1.29 is 19.4 Å². The van der Waals surface area contributed by atoms with Crippen molar-refractivity contribution in [3.63, 3.8) is 0 Å². The molecule has 0 saturated carbocycles. The number of carboxylic acids is 1. The Balaban J connectivity index is 1.83. The zero-order valence-corrected chi connectivity index (χ0v) is 16.0. The molecule has 0 spiro atoms. The van der Waals surface area contributed by atoms with Crippen LogP contribution in [0.3, 0.4) is 0 Å². The summed E-state index contributed by atoms with van der Waals surface area (Å²) < 4.78 is 6.06. The third kappa shape index (κ3) is 5.94. The van der Waals surface area contributed by atoms with Gasteiger partial charge in [0, 0.05) is 32.0 Å². The van der Waals surface area contributed by atoms with Gasteiger partial charge in [-0.2, -0.15) is 5.10 Å². The summed E-state index contributed by atoms with van der Waals surface area (Å²) >= 11 is 0. The summed E-state index contributed by atoms with van der Waals surface area (Å²) in [5.74, 6) is -0.0398. The third-order valence-corrected chi connectivity index (χ3v) is 5.34. The molecule has 2 saturated heterocycles. The van der Waals surface area contributed by atoms with E-state index in [0.717, 1.165) is 38.5 Å². The Bertz CT molecular complexity index is 532. The predicted octanol–water partition coefficient (Wildman–Crippen LogP) is 3.62. The maximum absolute atomic E-state index is 12.0. The zero-order chi connectivity index (χ0) is 18.9. The monoisotopic (exact) mass is 364 g/mol. The minimum atomic E-state index is -0.742. The quantitative estimate of drug-likeness (QED) is 0.263. The number of nitrogens with zero attached hydrogens (tertiary/aromatic N) is 2. The summed E-state index contributed by atoms with van der Waals surface area (Å²) in [6.07, 6.45) is 13.8. The van der Waals surface area contributed by atoms with E-state index in [0.29, 0.717) is 18.8 Å². The summed E-state index contributed by atoms with van der Waals surface area (Å²) in [5.41, 5.74) is 0. The average molecular weight is 364 g/mol. The van der Waals surface area contributed by atoms with E-state index in [-0.39, 0.29) is 30.5 Å². The molecule has 2 aliphatic heterocycles. The topological polar surface area (TPSA) is 79.2 Å². The molecule has 0 aromatic rings. The van der Waals surface area contributed by atoms with Gasteiger partial charge in [-0.3, -0.25) is 9.59 Å². The summed E-state index contributed by atoms with van der Waals surface area (Å²) in [6, 6.07) is 0. The van der Waals surface area contributed by atoms with E-state index in [4.69, 9.17) is 9.84 Å². The van der Waals surface area contributed by atoms with Gasteiger partial charge in [0.05, 0.1) is 12.2 Å². The number of aliphatic carboxylic acids is 1. The molecular weight excluding hydrogens is 332 g/mol. The van der Waals surface area contributed by atoms with E-state index in [1.807, 2.05) is 6.21 Å². The van der Waals surface area contributed by atoms with E-state index < -0.39 is 5.97 Å². The van der Waals surface area contributed by atoms with Crippen LogP contribution in [-0.4, -0.2) is 47.5 Å². The van der Waals surface area contributed by atoms with Gasteiger partial charge in [0.15, 0.2) is 0 Å². The van der Waals surface area contributed by atoms with Crippen LogP contribution in [0, 0.1) is 11.8 Å². The number of hydrogen-bond acceptors (Lipinski definition) is 4. The van der Waals surface area contributed by atoms with Crippen molar-refractivity contribution in [2.24, 2.45) is 16.9 Å². The van der Waals surface area contributed by atoms with Crippen LogP contribution in [-0.2, 0) is 14.3 Å². The Labute approximate surface area is 156 Å². The Morgan fingerprint density at radius 2 is 1.96 bits per heavy atom. The van der Waals surface area contributed by atoms with Crippen LogP contribution in [0.15, 0.2) is 17.3 Å². The van der Waals surface area contributed by atoms with Gasteiger partial charge in [-0.05, 0) is 44.4 Å². The molecule has 2 bridgehead atoms. The highest BCUT2D eigenvalue weighted by Crippen LogP contribution is 2.44. The predicted molar refractivity (Wildman–Crippen MR) is 101 cm³/mol. The van der Waals surface area contributed by atoms with Crippen molar-refractivity contribution in [2.45, 2.75) is 76.9 Å². The highest BCUT2D eigenvalue weighted by atomic mass is 16.5. The summed E-state index contributed by atoms with van der Waals surface area (Å²) in [5, 5.41) is 14.5. The van der Waals surface area contributed by atoms with E-state index in [9.17, 15) is 9.59 Å². The SMILES string of the molecule is CCCCC(=O)N(C)N=C[C@H]1[C@@H](CC=CCCCC(=O)O)[C@H]2CC[C@@H]1O2. The second-order valence-electron chi connectivity index (χ2n) is 7.31. The lowest BCUT2D eigenvalue weighted by Gasteiger charge is -2.24. The Morgan fingerprint density at radius 3 is 2.69 bits per heavy atom. The van der Waals surface area contributed by atoms with Crippen LogP contribution in [0.1, 0.15) is 64.7 Å². The van der Waals surface area contributed by atoms with Crippen molar-refractivity contribution in [3.05, 3.63) is 12.2 Å². The van der Waals surface area contributed by atoms with Gasteiger partial charge in [-0.1, -0.05) is 25.5 Å². The Morgan fingerprint density at radius 1 is 1.19 bits per heavy atom. The highest BCUT2D eigenvalue weighted by molar-refractivity contribution is 5.77. The fourth-order valence-corrected chi connectivity index (χ4v) is 3.80. The lowest BCUT2D eigenvalue weighted by atomic mass is 9.78. The standard InChI is InChI=1S/C20H32N2O4/c1-3-4-10-19(23)22(2)21-14-16-15(17-12-13-18(16)26-17)9-7-5-6-8-11-20(24)25/h5,7,14-18H,3-4,6,8-13H2,1-2H3,(H,24,25)/t15-,16+,17-,18+/m1/s1. The molecule has 0 aromatic carbocycles. The number of hydrogen-bond donors (Lipinski definition) is 1. The maximum atomic E-state index is 12.0. The minimum Gasteiger partial charge on any atom is -0.481 e. The van der Waals surface area contributed by atoms with E-state index >= 15 is 0 Å². The zero-order valence-electron chi connectivity index (χ0n) is 16.0. The van der Waals surface area contributed by atoms with Crippen molar-refractivity contribution in [2.75, 3.05) is 7.05 Å². The van der Waals surface area contributed by atoms with Crippen LogP contribution in [0.4, 0.5) is 0 Å². The number of hydrazone groups is 1. The molecular formula is C20H32N2O4. The molecule has 2 fully saturated rings. The molecule has 0 aliphatic carbocycles. The summed E-state index contributed by atoms with van der Waals surface area (Å²) in [7, 11) is 1.72. The molecule has 0 radical (unpaired) electrons. The van der Waals surface area contributed by atoms with E-state index in [2.05, 4.69) is 24.2 Å². The fourth-order valence-electron chi connectivity index (χ4n) is 3.80. The smallest absolute Gasteiger partial charge is 0.303 e. The van der Waals surface area contributed by atoms with Crippen molar-refractivity contribution >= 4 is 18.1 Å². The number of rotatable bonds is 11. The Kier molecular flexibility index (Phi) is 8.29. The second-order valence-corrected chi connectivity index (χ2v) is 7.31. The van der Waals surface area contributed by atoms with Gasteiger partial charge in [0.2, 0.25) is 5.91 Å². The lowest BCUT2D eigenvalue weighted by molar-refractivity contribution is -0.137. The number of allylic oxidation sites excluding steroid dienone is 2. The molecule has 0 unspecified atom stereocenters. The first-order chi connectivity index (χ1) is 12.5.